The highest BCUT2D eigenvalue weighted by molar-refractivity contribution is 7.90. The van der Waals surface area contributed by atoms with Crippen molar-refractivity contribution >= 4 is 15.9 Å². The molecule has 0 radical (unpaired) electrons. The van der Waals surface area contributed by atoms with E-state index >= 15 is 0 Å². The minimum atomic E-state index is -3.30. The van der Waals surface area contributed by atoms with Crippen LogP contribution in [0.5, 0.6) is 5.75 Å². The van der Waals surface area contributed by atoms with Crippen LogP contribution in [0.25, 0.3) is 5.69 Å². The molecular weight excluding hydrogens is 432 g/mol. The number of sulfone groups is 1. The zero-order valence-corrected chi connectivity index (χ0v) is 19.6. The van der Waals surface area contributed by atoms with Crippen molar-refractivity contribution in [1.29, 1.82) is 0 Å². The molecule has 1 aliphatic rings. The smallest absolute Gasteiger partial charge is 0.407 e. The number of carbonyl (C=O) groups is 1. The predicted molar refractivity (Wildman–Crippen MR) is 121 cm³/mol. The molecule has 0 saturated carbocycles. The Hall–Kier alpha value is -2.81. The van der Waals surface area contributed by atoms with Gasteiger partial charge in [-0.15, -0.1) is 0 Å². The van der Waals surface area contributed by atoms with E-state index in [9.17, 15) is 23.1 Å². The van der Waals surface area contributed by atoms with Gasteiger partial charge in [0.05, 0.1) is 11.5 Å². The van der Waals surface area contributed by atoms with Crippen molar-refractivity contribution in [2.24, 2.45) is 11.3 Å². The largest absolute Gasteiger partial charge is 0.493 e. The quantitative estimate of drug-likeness (QED) is 0.730. The van der Waals surface area contributed by atoms with Gasteiger partial charge in [-0.25, -0.2) is 13.2 Å². The lowest BCUT2D eigenvalue weighted by Gasteiger charge is -2.44. The molecule has 174 valence electrons. The summed E-state index contributed by atoms with van der Waals surface area (Å²) in [7, 11) is -3.30. The molecular formula is C23H30N2O6S. The first kappa shape index (κ1) is 23.8. The number of piperidine rings is 1. The minimum Gasteiger partial charge on any atom is -0.493 e. The van der Waals surface area contributed by atoms with Crippen LogP contribution in [0.3, 0.4) is 0 Å². The van der Waals surface area contributed by atoms with E-state index in [1.807, 2.05) is 20.8 Å². The Bertz CT molecular complexity index is 1130. The lowest BCUT2D eigenvalue weighted by atomic mass is 9.77. The summed E-state index contributed by atoms with van der Waals surface area (Å²) in [4.78, 5) is 25.9. The molecule has 9 heteroatoms. The highest BCUT2D eigenvalue weighted by atomic mass is 32.2. The molecule has 2 aromatic rings. The van der Waals surface area contributed by atoms with Crippen LogP contribution in [0.4, 0.5) is 4.79 Å². The molecule has 0 aliphatic carbocycles. The van der Waals surface area contributed by atoms with Crippen LogP contribution in [0.15, 0.2) is 52.3 Å². The Morgan fingerprint density at radius 1 is 1.19 bits per heavy atom. The molecule has 2 heterocycles. The highest BCUT2D eigenvalue weighted by Gasteiger charge is 2.38. The first-order valence-corrected chi connectivity index (χ1v) is 12.4. The SMILES string of the molecule is CC(C)(C)C1CC(COc2ccn(-c3ccc(S(C)(=O)=O)cc3)c(=O)c2)CCN1C(=O)O. The zero-order valence-electron chi connectivity index (χ0n) is 18.8. The van der Waals surface area contributed by atoms with Gasteiger partial charge in [0.25, 0.3) is 5.56 Å². The van der Waals surface area contributed by atoms with Gasteiger partial charge in [0.15, 0.2) is 9.84 Å². The number of benzene rings is 1. The number of likely N-dealkylation sites (tertiary alicyclic amines) is 1. The van der Waals surface area contributed by atoms with Crippen molar-refractivity contribution in [3.63, 3.8) is 0 Å². The van der Waals surface area contributed by atoms with E-state index in [0.717, 1.165) is 6.26 Å². The van der Waals surface area contributed by atoms with E-state index in [-0.39, 0.29) is 27.8 Å². The van der Waals surface area contributed by atoms with Crippen LogP contribution in [-0.2, 0) is 9.84 Å². The maximum Gasteiger partial charge on any atom is 0.407 e. The number of amides is 1. The Morgan fingerprint density at radius 2 is 1.84 bits per heavy atom. The van der Waals surface area contributed by atoms with E-state index < -0.39 is 15.9 Å². The fourth-order valence-corrected chi connectivity index (χ4v) is 4.70. The van der Waals surface area contributed by atoms with Gasteiger partial charge in [-0.05, 0) is 54.5 Å². The summed E-state index contributed by atoms with van der Waals surface area (Å²) >= 11 is 0. The average Bonchev–Trinajstić information content (AvgIpc) is 2.71. The Morgan fingerprint density at radius 3 is 2.38 bits per heavy atom. The van der Waals surface area contributed by atoms with Crippen molar-refractivity contribution in [1.82, 2.24) is 9.47 Å². The number of ether oxygens (including phenoxy) is 1. The number of aromatic nitrogens is 1. The van der Waals surface area contributed by atoms with E-state index in [0.29, 0.717) is 37.4 Å². The normalized spacial score (nSPS) is 19.6. The summed E-state index contributed by atoms with van der Waals surface area (Å²) in [6.07, 6.45) is 3.26. The molecule has 1 amide bonds. The maximum atomic E-state index is 12.6. The summed E-state index contributed by atoms with van der Waals surface area (Å²) < 4.78 is 30.5. The molecule has 32 heavy (non-hydrogen) atoms. The standard InChI is InChI=1S/C23H30N2O6S/c1-23(2,3)20-13-16(9-11-25(20)22(27)28)15-31-18-10-12-24(21(26)14-18)17-5-7-19(8-6-17)32(4,29)30/h5-8,10,12,14,16,20H,9,11,13,15H2,1-4H3,(H,27,28). The van der Waals surface area contributed by atoms with Gasteiger partial charge in [-0.3, -0.25) is 9.36 Å². The second-order valence-corrected chi connectivity index (χ2v) is 11.4. The number of hydrogen-bond donors (Lipinski definition) is 1. The van der Waals surface area contributed by atoms with Gasteiger partial charge >= 0.3 is 6.09 Å². The van der Waals surface area contributed by atoms with Crippen LogP contribution >= 0.6 is 0 Å². The van der Waals surface area contributed by atoms with Gasteiger partial charge in [0.2, 0.25) is 0 Å². The van der Waals surface area contributed by atoms with Gasteiger partial charge < -0.3 is 14.7 Å². The Labute approximate surface area is 188 Å². The molecule has 2 atom stereocenters. The first-order chi connectivity index (χ1) is 14.9. The van der Waals surface area contributed by atoms with Crippen molar-refractivity contribution in [3.05, 3.63) is 52.9 Å². The molecule has 0 spiro atoms. The summed E-state index contributed by atoms with van der Waals surface area (Å²) in [5.41, 5.74) is 0.0929. The molecule has 8 nitrogen and oxygen atoms in total. The summed E-state index contributed by atoms with van der Waals surface area (Å²) in [5.74, 6) is 0.646. The predicted octanol–water partition coefficient (Wildman–Crippen LogP) is 3.42. The van der Waals surface area contributed by atoms with Gasteiger partial charge in [0.1, 0.15) is 5.75 Å². The van der Waals surface area contributed by atoms with Crippen molar-refractivity contribution in [2.45, 2.75) is 44.6 Å². The summed E-state index contributed by atoms with van der Waals surface area (Å²) in [6, 6.07) is 9.11. The van der Waals surface area contributed by atoms with Gasteiger partial charge in [-0.1, -0.05) is 20.8 Å². The van der Waals surface area contributed by atoms with Crippen LogP contribution in [0.1, 0.15) is 33.6 Å². The number of carboxylic acid groups (broad SMARTS) is 1. The summed E-state index contributed by atoms with van der Waals surface area (Å²) in [6.45, 7) is 7.00. The van der Waals surface area contributed by atoms with Crippen molar-refractivity contribution < 1.29 is 23.1 Å². The molecule has 1 fully saturated rings. The molecule has 1 aliphatic heterocycles. The van der Waals surface area contributed by atoms with Gasteiger partial charge in [0, 0.05) is 36.8 Å². The zero-order chi connectivity index (χ0) is 23.7. The second-order valence-electron chi connectivity index (χ2n) is 9.40. The number of nitrogens with zero attached hydrogens (tertiary/aromatic N) is 2. The number of pyridine rings is 1. The molecule has 1 N–H and O–H groups in total. The van der Waals surface area contributed by atoms with Crippen LogP contribution < -0.4 is 10.3 Å². The Balaban J connectivity index is 1.67. The molecule has 3 rings (SSSR count). The van der Waals surface area contributed by atoms with E-state index in [1.54, 1.807) is 24.4 Å². The van der Waals surface area contributed by atoms with Gasteiger partial charge in [-0.2, -0.15) is 0 Å². The molecule has 1 aromatic carbocycles. The van der Waals surface area contributed by atoms with Crippen LogP contribution in [-0.4, -0.2) is 54.5 Å². The lowest BCUT2D eigenvalue weighted by molar-refractivity contribution is 0.0303. The Kier molecular flexibility index (Phi) is 6.69. The topological polar surface area (TPSA) is 106 Å². The van der Waals surface area contributed by atoms with Crippen LogP contribution in [0, 0.1) is 11.3 Å². The van der Waals surface area contributed by atoms with Crippen molar-refractivity contribution in [2.75, 3.05) is 19.4 Å². The number of hydrogen-bond acceptors (Lipinski definition) is 5. The fourth-order valence-electron chi connectivity index (χ4n) is 4.07. The average molecular weight is 463 g/mol. The highest BCUT2D eigenvalue weighted by Crippen LogP contribution is 2.34. The molecule has 0 bridgehead atoms. The van der Waals surface area contributed by atoms with E-state index in [4.69, 9.17) is 4.74 Å². The molecule has 1 aromatic heterocycles. The first-order valence-electron chi connectivity index (χ1n) is 10.5. The monoisotopic (exact) mass is 462 g/mol. The number of rotatable bonds is 5. The third kappa shape index (κ3) is 5.51. The molecule has 1 saturated heterocycles. The van der Waals surface area contributed by atoms with Crippen molar-refractivity contribution in [3.8, 4) is 11.4 Å². The lowest BCUT2D eigenvalue weighted by Crippen LogP contribution is -2.52. The minimum absolute atomic E-state index is 0.0924. The maximum absolute atomic E-state index is 12.6. The fraction of sp³-hybridized carbons (Fsp3) is 0.478. The summed E-state index contributed by atoms with van der Waals surface area (Å²) in [5, 5.41) is 9.50. The second kappa shape index (κ2) is 8.97. The third-order valence-corrected chi connectivity index (χ3v) is 7.00. The van der Waals surface area contributed by atoms with Crippen LogP contribution in [0.2, 0.25) is 0 Å². The van der Waals surface area contributed by atoms with E-state index in [2.05, 4.69) is 0 Å². The molecule has 2 unspecified atom stereocenters. The van der Waals surface area contributed by atoms with E-state index in [1.165, 1.54) is 27.7 Å². The third-order valence-electron chi connectivity index (χ3n) is 5.88.